The summed E-state index contributed by atoms with van der Waals surface area (Å²) in [4.78, 5) is 2.45. The number of halogens is 1. The van der Waals surface area contributed by atoms with Gasteiger partial charge < -0.3 is 4.52 Å². The minimum Gasteiger partial charge on any atom is -0.359 e. The third-order valence-electron chi connectivity index (χ3n) is 3.91. The Labute approximate surface area is 124 Å². The summed E-state index contributed by atoms with van der Waals surface area (Å²) in [6.07, 6.45) is 3.26. The third kappa shape index (κ3) is 2.89. The molecular formula is C16H19ClN2O. The van der Waals surface area contributed by atoms with Gasteiger partial charge in [-0.25, -0.2) is 0 Å². The van der Waals surface area contributed by atoms with Crippen LogP contribution in [0.1, 0.15) is 42.8 Å². The molecule has 1 atom stereocenters. The van der Waals surface area contributed by atoms with Crippen LogP contribution in [-0.2, 0) is 13.0 Å². The highest BCUT2D eigenvalue weighted by molar-refractivity contribution is 6.30. The molecule has 2 aromatic rings. The van der Waals surface area contributed by atoms with Gasteiger partial charge in [-0.05, 0) is 43.5 Å². The van der Waals surface area contributed by atoms with Crippen LogP contribution in [0, 0.1) is 0 Å². The lowest BCUT2D eigenvalue weighted by Crippen LogP contribution is -2.22. The van der Waals surface area contributed by atoms with Crippen molar-refractivity contribution in [1.29, 1.82) is 0 Å². The molecule has 1 fully saturated rings. The van der Waals surface area contributed by atoms with Gasteiger partial charge in [0.1, 0.15) is 0 Å². The molecule has 1 aromatic carbocycles. The summed E-state index contributed by atoms with van der Waals surface area (Å²) < 4.78 is 5.51. The molecule has 1 aliphatic heterocycles. The molecule has 0 unspecified atom stereocenters. The number of hydrogen-bond acceptors (Lipinski definition) is 3. The van der Waals surface area contributed by atoms with Crippen LogP contribution < -0.4 is 0 Å². The highest BCUT2D eigenvalue weighted by atomic mass is 35.5. The van der Waals surface area contributed by atoms with E-state index < -0.39 is 0 Å². The van der Waals surface area contributed by atoms with Gasteiger partial charge in [-0.2, -0.15) is 0 Å². The molecule has 1 saturated heterocycles. The van der Waals surface area contributed by atoms with E-state index in [0.717, 1.165) is 42.4 Å². The summed E-state index contributed by atoms with van der Waals surface area (Å²) in [5.74, 6) is 1.00. The van der Waals surface area contributed by atoms with Crippen molar-refractivity contribution in [3.8, 4) is 0 Å². The second-order valence-electron chi connectivity index (χ2n) is 5.33. The average molecular weight is 291 g/mol. The number of benzene rings is 1. The molecule has 0 saturated carbocycles. The van der Waals surface area contributed by atoms with Crippen LogP contribution in [0.3, 0.4) is 0 Å². The quantitative estimate of drug-likeness (QED) is 0.844. The second kappa shape index (κ2) is 5.98. The minimum atomic E-state index is 0.349. The van der Waals surface area contributed by atoms with Gasteiger partial charge in [0.05, 0.1) is 11.7 Å². The van der Waals surface area contributed by atoms with Crippen molar-refractivity contribution in [2.45, 2.75) is 38.8 Å². The number of rotatable bonds is 4. The van der Waals surface area contributed by atoms with Crippen molar-refractivity contribution in [3.05, 3.63) is 52.4 Å². The summed E-state index contributed by atoms with van der Waals surface area (Å²) in [5.41, 5.74) is 2.29. The Hall–Kier alpha value is -1.32. The first-order valence-corrected chi connectivity index (χ1v) is 7.58. The highest BCUT2D eigenvalue weighted by Crippen LogP contribution is 2.33. The van der Waals surface area contributed by atoms with Crippen molar-refractivity contribution in [3.63, 3.8) is 0 Å². The van der Waals surface area contributed by atoms with Crippen molar-refractivity contribution >= 4 is 11.6 Å². The van der Waals surface area contributed by atoms with E-state index in [1.807, 2.05) is 18.2 Å². The SMILES string of the molecule is CCc1cc([C@@H]2CCCN2Cc2cccc(Cl)c2)on1. The Balaban J connectivity index is 1.75. The molecule has 1 aliphatic rings. The first-order chi connectivity index (χ1) is 9.76. The van der Waals surface area contributed by atoms with Gasteiger partial charge in [0.2, 0.25) is 0 Å². The van der Waals surface area contributed by atoms with Crippen LogP contribution in [0.2, 0.25) is 5.02 Å². The van der Waals surface area contributed by atoms with Crippen LogP contribution in [-0.4, -0.2) is 16.6 Å². The molecule has 4 heteroatoms. The Morgan fingerprint density at radius 2 is 2.30 bits per heavy atom. The maximum Gasteiger partial charge on any atom is 0.154 e. The molecule has 3 rings (SSSR count). The molecule has 0 radical (unpaired) electrons. The van der Waals surface area contributed by atoms with E-state index >= 15 is 0 Å². The topological polar surface area (TPSA) is 29.3 Å². The zero-order valence-corrected chi connectivity index (χ0v) is 12.4. The van der Waals surface area contributed by atoms with E-state index in [-0.39, 0.29) is 0 Å². The molecule has 0 amide bonds. The first-order valence-electron chi connectivity index (χ1n) is 7.20. The first kappa shape index (κ1) is 13.7. The number of aromatic nitrogens is 1. The largest absolute Gasteiger partial charge is 0.359 e. The second-order valence-corrected chi connectivity index (χ2v) is 5.77. The fourth-order valence-corrected chi connectivity index (χ4v) is 3.07. The van der Waals surface area contributed by atoms with Crippen LogP contribution >= 0.6 is 11.6 Å². The van der Waals surface area contributed by atoms with Crippen LogP contribution in [0.5, 0.6) is 0 Å². The van der Waals surface area contributed by atoms with Crippen molar-refractivity contribution in [2.24, 2.45) is 0 Å². The Kier molecular flexibility index (Phi) is 4.08. The highest BCUT2D eigenvalue weighted by Gasteiger charge is 2.29. The molecule has 20 heavy (non-hydrogen) atoms. The number of nitrogens with zero attached hydrogens (tertiary/aromatic N) is 2. The van der Waals surface area contributed by atoms with Crippen molar-refractivity contribution < 1.29 is 4.52 Å². The maximum absolute atomic E-state index is 6.06. The van der Waals surface area contributed by atoms with Gasteiger partial charge in [-0.3, -0.25) is 4.90 Å². The molecular weight excluding hydrogens is 272 g/mol. The van der Waals surface area contributed by atoms with Crippen LogP contribution in [0.25, 0.3) is 0 Å². The zero-order chi connectivity index (χ0) is 13.9. The Morgan fingerprint density at radius 3 is 3.05 bits per heavy atom. The number of likely N-dealkylation sites (tertiary alicyclic amines) is 1. The Bertz CT molecular complexity index is 581. The molecule has 0 aliphatic carbocycles. The maximum atomic E-state index is 6.06. The lowest BCUT2D eigenvalue weighted by Gasteiger charge is -2.22. The zero-order valence-electron chi connectivity index (χ0n) is 11.7. The lowest BCUT2D eigenvalue weighted by molar-refractivity contribution is 0.206. The molecule has 0 bridgehead atoms. The smallest absolute Gasteiger partial charge is 0.154 e. The minimum absolute atomic E-state index is 0.349. The van der Waals surface area contributed by atoms with Gasteiger partial charge in [-0.15, -0.1) is 0 Å². The third-order valence-corrected chi connectivity index (χ3v) is 4.14. The van der Waals surface area contributed by atoms with Crippen molar-refractivity contribution in [1.82, 2.24) is 10.1 Å². The molecule has 0 spiro atoms. The van der Waals surface area contributed by atoms with Gasteiger partial charge in [0.25, 0.3) is 0 Å². The van der Waals surface area contributed by atoms with Crippen LogP contribution in [0.4, 0.5) is 0 Å². The molecule has 3 nitrogen and oxygen atoms in total. The van der Waals surface area contributed by atoms with E-state index in [1.54, 1.807) is 0 Å². The standard InChI is InChI=1S/C16H19ClN2O/c1-2-14-10-16(20-18-14)15-7-4-8-19(15)11-12-5-3-6-13(17)9-12/h3,5-6,9-10,15H,2,4,7-8,11H2,1H3/t15-/m0/s1. The van der Waals surface area contributed by atoms with E-state index in [1.165, 1.54) is 12.0 Å². The average Bonchev–Trinajstić information content (AvgIpc) is 3.06. The summed E-state index contributed by atoms with van der Waals surface area (Å²) in [7, 11) is 0. The fourth-order valence-electron chi connectivity index (χ4n) is 2.86. The summed E-state index contributed by atoms with van der Waals surface area (Å²) in [5, 5.41) is 4.91. The van der Waals surface area contributed by atoms with Gasteiger partial charge in [-0.1, -0.05) is 35.8 Å². The van der Waals surface area contributed by atoms with E-state index in [9.17, 15) is 0 Å². The summed E-state index contributed by atoms with van der Waals surface area (Å²) in [6.45, 7) is 4.10. The van der Waals surface area contributed by atoms with Gasteiger partial charge >= 0.3 is 0 Å². The number of aryl methyl sites for hydroxylation is 1. The Morgan fingerprint density at radius 1 is 1.40 bits per heavy atom. The van der Waals surface area contributed by atoms with E-state index in [4.69, 9.17) is 16.1 Å². The monoisotopic (exact) mass is 290 g/mol. The van der Waals surface area contributed by atoms with Gasteiger partial charge in [0, 0.05) is 17.6 Å². The summed E-state index contributed by atoms with van der Waals surface area (Å²) in [6, 6.07) is 10.5. The van der Waals surface area contributed by atoms with E-state index in [2.05, 4.69) is 29.1 Å². The normalized spacial score (nSPS) is 19.6. The van der Waals surface area contributed by atoms with Crippen LogP contribution in [0.15, 0.2) is 34.9 Å². The van der Waals surface area contributed by atoms with Crippen molar-refractivity contribution in [2.75, 3.05) is 6.54 Å². The number of hydrogen-bond donors (Lipinski definition) is 0. The predicted molar refractivity (Wildman–Crippen MR) is 79.7 cm³/mol. The fraction of sp³-hybridized carbons (Fsp3) is 0.438. The van der Waals surface area contributed by atoms with E-state index in [0.29, 0.717) is 6.04 Å². The molecule has 2 heterocycles. The lowest BCUT2D eigenvalue weighted by atomic mass is 10.1. The summed E-state index contributed by atoms with van der Waals surface area (Å²) >= 11 is 6.06. The molecule has 1 aromatic heterocycles. The van der Waals surface area contributed by atoms with Gasteiger partial charge in [0.15, 0.2) is 5.76 Å². The molecule has 106 valence electrons. The predicted octanol–water partition coefficient (Wildman–Crippen LogP) is 4.23. The molecule has 0 N–H and O–H groups in total.